The van der Waals surface area contributed by atoms with Crippen LogP contribution in [-0.2, 0) is 9.53 Å². The fourth-order valence-electron chi connectivity index (χ4n) is 2.15. The van der Waals surface area contributed by atoms with Gasteiger partial charge in [-0.15, -0.1) is 0 Å². The van der Waals surface area contributed by atoms with E-state index in [0.29, 0.717) is 6.54 Å². The van der Waals surface area contributed by atoms with Gasteiger partial charge in [-0.2, -0.15) is 0 Å². The van der Waals surface area contributed by atoms with E-state index in [-0.39, 0.29) is 25.5 Å². The number of carbonyl (C=O) groups is 1. The molecule has 19 heavy (non-hydrogen) atoms. The van der Waals surface area contributed by atoms with Crippen molar-refractivity contribution in [1.29, 1.82) is 0 Å². The van der Waals surface area contributed by atoms with E-state index in [1.54, 1.807) is 0 Å². The molecule has 0 radical (unpaired) electrons. The molecular formula is C12H23NO6. The second-order valence-electron chi connectivity index (χ2n) is 4.76. The normalized spacial score (nSPS) is 32.9. The summed E-state index contributed by atoms with van der Waals surface area (Å²) in [6.45, 7) is 2.03. The Morgan fingerprint density at radius 3 is 2.63 bits per heavy atom. The van der Waals surface area contributed by atoms with Crippen molar-refractivity contribution >= 4 is 5.91 Å². The molecule has 5 atom stereocenters. The van der Waals surface area contributed by atoms with Crippen molar-refractivity contribution in [2.75, 3.05) is 19.8 Å². The molecule has 2 unspecified atom stereocenters. The first-order valence-corrected chi connectivity index (χ1v) is 6.57. The molecular weight excluding hydrogens is 254 g/mol. The van der Waals surface area contributed by atoms with Gasteiger partial charge in [-0.05, 0) is 12.8 Å². The van der Waals surface area contributed by atoms with Crippen LogP contribution in [0.4, 0.5) is 0 Å². The molecule has 5 N–H and O–H groups in total. The summed E-state index contributed by atoms with van der Waals surface area (Å²) in [7, 11) is 0. The number of rotatable bonds is 6. The molecule has 7 nitrogen and oxygen atoms in total. The van der Waals surface area contributed by atoms with Crippen molar-refractivity contribution < 1.29 is 30.0 Å². The standard InChI is InChI=1S/C12H23NO6/c1-2-4-13-12(18)7(3-5-14)11-10(17)9(16)8(15)6-19-11/h7-11,14-17H,2-6H2,1H3,(H,13,18)/t7?,8-,9+,10-,11?/m1/s1. The molecule has 0 aromatic heterocycles. The average Bonchev–Trinajstić information content (AvgIpc) is 2.40. The minimum Gasteiger partial charge on any atom is -0.396 e. The van der Waals surface area contributed by atoms with Gasteiger partial charge in [0.2, 0.25) is 5.91 Å². The van der Waals surface area contributed by atoms with Crippen molar-refractivity contribution in [2.24, 2.45) is 5.92 Å². The van der Waals surface area contributed by atoms with Gasteiger partial charge >= 0.3 is 0 Å². The quantitative estimate of drug-likeness (QED) is 0.383. The molecule has 0 aliphatic carbocycles. The Labute approximate surface area is 112 Å². The average molecular weight is 277 g/mol. The molecule has 1 rings (SSSR count). The highest BCUT2D eigenvalue weighted by atomic mass is 16.5. The summed E-state index contributed by atoms with van der Waals surface area (Å²) in [6, 6.07) is 0. The summed E-state index contributed by atoms with van der Waals surface area (Å²) < 4.78 is 5.26. The minimum atomic E-state index is -1.35. The van der Waals surface area contributed by atoms with Crippen LogP contribution in [0.25, 0.3) is 0 Å². The highest BCUT2D eigenvalue weighted by molar-refractivity contribution is 5.79. The van der Waals surface area contributed by atoms with Crippen LogP contribution >= 0.6 is 0 Å². The van der Waals surface area contributed by atoms with Crippen molar-refractivity contribution in [2.45, 2.75) is 44.2 Å². The third-order valence-electron chi connectivity index (χ3n) is 3.26. The summed E-state index contributed by atoms with van der Waals surface area (Å²) in [5, 5.41) is 40.6. The first-order chi connectivity index (χ1) is 9.02. The lowest BCUT2D eigenvalue weighted by molar-refractivity contribution is -0.202. The first kappa shape index (κ1) is 16.3. The maximum atomic E-state index is 12.0. The highest BCUT2D eigenvalue weighted by Crippen LogP contribution is 2.24. The highest BCUT2D eigenvalue weighted by Gasteiger charge is 2.43. The van der Waals surface area contributed by atoms with Gasteiger partial charge < -0.3 is 30.5 Å². The number of amides is 1. The summed E-state index contributed by atoms with van der Waals surface area (Å²) >= 11 is 0. The SMILES string of the molecule is CCCNC(=O)C(CCO)C1OC[C@@H](O)[C@H](O)[C@H]1O. The van der Waals surface area contributed by atoms with Gasteiger partial charge in [0, 0.05) is 13.2 Å². The third kappa shape index (κ3) is 4.12. The van der Waals surface area contributed by atoms with Gasteiger partial charge in [-0.3, -0.25) is 4.79 Å². The van der Waals surface area contributed by atoms with Crippen LogP contribution in [0.2, 0.25) is 0 Å². The van der Waals surface area contributed by atoms with Crippen molar-refractivity contribution in [3.63, 3.8) is 0 Å². The lowest BCUT2D eigenvalue weighted by atomic mass is 9.88. The Kier molecular flexibility index (Phi) is 6.67. The van der Waals surface area contributed by atoms with Crippen molar-refractivity contribution in [3.05, 3.63) is 0 Å². The van der Waals surface area contributed by atoms with E-state index < -0.39 is 30.3 Å². The summed E-state index contributed by atoms with van der Waals surface area (Å²) in [4.78, 5) is 12.0. The van der Waals surface area contributed by atoms with Crippen LogP contribution in [0, 0.1) is 5.92 Å². The monoisotopic (exact) mass is 277 g/mol. The molecule has 1 amide bonds. The molecule has 0 bridgehead atoms. The number of hydrogen-bond donors (Lipinski definition) is 5. The zero-order chi connectivity index (χ0) is 14.4. The predicted octanol–water partition coefficient (Wildman–Crippen LogP) is -2.01. The number of aliphatic hydroxyl groups excluding tert-OH is 4. The zero-order valence-corrected chi connectivity index (χ0v) is 11.0. The summed E-state index contributed by atoms with van der Waals surface area (Å²) in [5.41, 5.74) is 0. The van der Waals surface area contributed by atoms with E-state index in [4.69, 9.17) is 9.84 Å². The maximum Gasteiger partial charge on any atom is 0.225 e. The van der Waals surface area contributed by atoms with E-state index in [2.05, 4.69) is 5.32 Å². The number of hydrogen-bond acceptors (Lipinski definition) is 6. The van der Waals surface area contributed by atoms with E-state index >= 15 is 0 Å². The smallest absolute Gasteiger partial charge is 0.225 e. The molecule has 112 valence electrons. The molecule has 1 heterocycles. The molecule has 7 heteroatoms. The molecule has 1 saturated heterocycles. The van der Waals surface area contributed by atoms with Gasteiger partial charge in [0.15, 0.2) is 0 Å². The van der Waals surface area contributed by atoms with Crippen LogP contribution in [0.1, 0.15) is 19.8 Å². The van der Waals surface area contributed by atoms with E-state index in [0.717, 1.165) is 6.42 Å². The minimum absolute atomic E-state index is 0.125. The Balaban J connectivity index is 2.72. The van der Waals surface area contributed by atoms with Gasteiger partial charge in [-0.25, -0.2) is 0 Å². The Bertz CT molecular complexity index is 287. The number of ether oxygens (including phenoxy) is 1. The van der Waals surface area contributed by atoms with Gasteiger partial charge in [0.1, 0.15) is 18.3 Å². The first-order valence-electron chi connectivity index (χ1n) is 6.57. The number of carbonyl (C=O) groups excluding carboxylic acids is 1. The van der Waals surface area contributed by atoms with E-state index in [1.165, 1.54) is 0 Å². The van der Waals surface area contributed by atoms with E-state index in [1.807, 2.05) is 6.92 Å². The zero-order valence-electron chi connectivity index (χ0n) is 11.0. The van der Waals surface area contributed by atoms with Crippen LogP contribution in [0.5, 0.6) is 0 Å². The van der Waals surface area contributed by atoms with Gasteiger partial charge in [-0.1, -0.05) is 6.92 Å². The van der Waals surface area contributed by atoms with Crippen LogP contribution in [0.3, 0.4) is 0 Å². The topological polar surface area (TPSA) is 119 Å². The lowest BCUT2D eigenvalue weighted by Gasteiger charge is -2.38. The molecule has 0 aromatic carbocycles. The summed E-state index contributed by atoms with van der Waals surface area (Å²) in [6.07, 6.45) is -3.90. The lowest BCUT2D eigenvalue weighted by Crippen LogP contribution is -2.57. The molecule has 1 fully saturated rings. The van der Waals surface area contributed by atoms with Crippen LogP contribution < -0.4 is 5.32 Å². The largest absolute Gasteiger partial charge is 0.396 e. The Morgan fingerprint density at radius 1 is 1.37 bits per heavy atom. The Hall–Kier alpha value is -0.730. The molecule has 0 saturated carbocycles. The second kappa shape index (κ2) is 7.76. The maximum absolute atomic E-state index is 12.0. The fraction of sp³-hybridized carbons (Fsp3) is 0.917. The Morgan fingerprint density at radius 2 is 2.05 bits per heavy atom. The third-order valence-corrected chi connectivity index (χ3v) is 3.26. The fourth-order valence-corrected chi connectivity index (χ4v) is 2.15. The predicted molar refractivity (Wildman–Crippen MR) is 66.3 cm³/mol. The molecule has 0 spiro atoms. The van der Waals surface area contributed by atoms with Gasteiger partial charge in [0.25, 0.3) is 0 Å². The second-order valence-corrected chi connectivity index (χ2v) is 4.76. The molecule has 0 aromatic rings. The van der Waals surface area contributed by atoms with Crippen LogP contribution in [0.15, 0.2) is 0 Å². The van der Waals surface area contributed by atoms with E-state index in [9.17, 15) is 20.1 Å². The van der Waals surface area contributed by atoms with Crippen LogP contribution in [-0.4, -0.2) is 70.5 Å². The van der Waals surface area contributed by atoms with Gasteiger partial charge in [0.05, 0.1) is 18.6 Å². The van der Waals surface area contributed by atoms with Crippen molar-refractivity contribution in [1.82, 2.24) is 5.32 Å². The molecule has 1 aliphatic heterocycles. The van der Waals surface area contributed by atoms with Crippen molar-refractivity contribution in [3.8, 4) is 0 Å². The number of nitrogens with one attached hydrogen (secondary N) is 1. The summed E-state index contributed by atoms with van der Waals surface area (Å²) in [5.74, 6) is -1.09. The molecule has 1 aliphatic rings. The number of aliphatic hydroxyl groups is 4.